The van der Waals surface area contributed by atoms with Crippen molar-refractivity contribution in [1.29, 1.82) is 0 Å². The molecule has 1 aliphatic heterocycles. The zero-order chi connectivity index (χ0) is 16.7. The van der Waals surface area contributed by atoms with Gasteiger partial charge in [-0.1, -0.05) is 33.1 Å². The van der Waals surface area contributed by atoms with Crippen molar-refractivity contribution in [2.45, 2.75) is 64.4 Å². The van der Waals surface area contributed by atoms with Crippen molar-refractivity contribution in [1.82, 2.24) is 0 Å². The number of hydrogen-bond acceptors (Lipinski definition) is 5. The molecule has 0 saturated carbocycles. The van der Waals surface area contributed by atoms with E-state index in [-0.39, 0.29) is 6.61 Å². The summed E-state index contributed by atoms with van der Waals surface area (Å²) in [5, 5.41) is 0. The molecule has 0 bridgehead atoms. The molecule has 0 aromatic heterocycles. The van der Waals surface area contributed by atoms with E-state index < -0.39 is 34.1 Å². The van der Waals surface area contributed by atoms with Gasteiger partial charge in [0.1, 0.15) is 6.10 Å². The largest absolute Gasteiger partial charge is 0.523 e. The molecule has 1 unspecified atom stereocenters. The van der Waals surface area contributed by atoms with Gasteiger partial charge in [-0.25, -0.2) is 0 Å². The molecule has 0 aromatic rings. The number of rotatable bonds is 5. The van der Waals surface area contributed by atoms with Crippen molar-refractivity contribution in [3.8, 4) is 0 Å². The first-order valence-corrected chi connectivity index (χ1v) is 8.13. The second kappa shape index (κ2) is 8.30. The van der Waals surface area contributed by atoms with Crippen molar-refractivity contribution in [3.63, 3.8) is 0 Å². The third-order valence-electron chi connectivity index (χ3n) is 2.47. The maximum absolute atomic E-state index is 11.9. The Balaban J connectivity index is 0.000000690. The molecule has 9 heteroatoms. The lowest BCUT2D eigenvalue weighted by Gasteiger charge is -2.17. The van der Waals surface area contributed by atoms with E-state index in [0.717, 1.165) is 0 Å². The highest BCUT2D eigenvalue weighted by Gasteiger charge is 2.48. The van der Waals surface area contributed by atoms with Crippen LogP contribution in [0.15, 0.2) is 0 Å². The van der Waals surface area contributed by atoms with Crippen molar-refractivity contribution >= 4 is 10.1 Å². The van der Waals surface area contributed by atoms with Crippen molar-refractivity contribution < 1.29 is 35.2 Å². The number of alkyl halides is 3. The predicted molar refractivity (Wildman–Crippen MR) is 71.0 cm³/mol. The van der Waals surface area contributed by atoms with Crippen LogP contribution in [-0.2, 0) is 23.8 Å². The van der Waals surface area contributed by atoms with Crippen LogP contribution in [0.5, 0.6) is 0 Å². The van der Waals surface area contributed by atoms with Crippen LogP contribution in [-0.4, -0.2) is 39.0 Å². The van der Waals surface area contributed by atoms with Gasteiger partial charge in [0, 0.05) is 0 Å². The lowest BCUT2D eigenvalue weighted by Crippen LogP contribution is -2.30. The second-order valence-corrected chi connectivity index (χ2v) is 6.60. The Morgan fingerprint density at radius 3 is 2.05 bits per heavy atom. The van der Waals surface area contributed by atoms with E-state index in [1.165, 1.54) is 19.3 Å². The van der Waals surface area contributed by atoms with Crippen molar-refractivity contribution in [3.05, 3.63) is 0 Å². The minimum Gasteiger partial charge on any atom is -0.348 e. The van der Waals surface area contributed by atoms with Crippen LogP contribution in [0.3, 0.4) is 0 Å². The van der Waals surface area contributed by atoms with E-state index in [2.05, 4.69) is 18.0 Å². The topological polar surface area (TPSA) is 61.8 Å². The molecule has 1 saturated heterocycles. The molecular weight excluding hydrogens is 313 g/mol. The SMILES string of the molecule is CC1(C)OCC(COS(=O)(=O)C(F)(F)F)O1.CCCCC. The highest BCUT2D eigenvalue weighted by atomic mass is 32.2. The first-order chi connectivity index (χ1) is 9.45. The number of ether oxygens (including phenoxy) is 2. The summed E-state index contributed by atoms with van der Waals surface area (Å²) in [5.74, 6) is -0.935. The summed E-state index contributed by atoms with van der Waals surface area (Å²) >= 11 is 0. The van der Waals surface area contributed by atoms with Crippen LogP contribution in [0.4, 0.5) is 13.2 Å². The van der Waals surface area contributed by atoms with Crippen LogP contribution in [0.2, 0.25) is 0 Å². The fourth-order valence-corrected chi connectivity index (χ4v) is 1.90. The molecule has 5 nitrogen and oxygen atoms in total. The van der Waals surface area contributed by atoms with Gasteiger partial charge >= 0.3 is 15.6 Å². The molecular formula is C12H23F3O5S. The molecule has 21 heavy (non-hydrogen) atoms. The number of halogens is 3. The maximum atomic E-state index is 11.9. The van der Waals surface area contributed by atoms with Gasteiger partial charge in [-0.3, -0.25) is 4.18 Å². The summed E-state index contributed by atoms with van der Waals surface area (Å²) in [7, 11) is -5.56. The summed E-state index contributed by atoms with van der Waals surface area (Å²) in [6.45, 7) is 6.81. The Labute approximate surface area is 123 Å². The molecule has 0 N–H and O–H groups in total. The first kappa shape index (κ1) is 20.6. The van der Waals surface area contributed by atoms with Gasteiger partial charge in [0.25, 0.3) is 0 Å². The predicted octanol–water partition coefficient (Wildman–Crippen LogP) is 3.20. The molecule has 1 aliphatic rings. The van der Waals surface area contributed by atoms with Crippen LogP contribution < -0.4 is 0 Å². The maximum Gasteiger partial charge on any atom is 0.523 e. The van der Waals surface area contributed by atoms with Gasteiger partial charge in [-0.2, -0.15) is 21.6 Å². The standard InChI is InChI=1S/C7H11F3O5S.C5H12/c1-6(2)13-3-5(15-6)4-14-16(11,12)7(8,9)10;1-3-5-4-2/h5H,3-4H2,1-2H3;3-5H2,1-2H3. The second-order valence-electron chi connectivity index (χ2n) is 4.99. The molecule has 128 valence electrons. The van der Waals surface area contributed by atoms with Gasteiger partial charge in [0.05, 0.1) is 13.2 Å². The Kier molecular flexibility index (Phi) is 8.15. The Hall–Kier alpha value is -0.380. The van der Waals surface area contributed by atoms with Gasteiger partial charge < -0.3 is 9.47 Å². The van der Waals surface area contributed by atoms with Gasteiger partial charge in [-0.15, -0.1) is 0 Å². The van der Waals surface area contributed by atoms with E-state index in [9.17, 15) is 21.6 Å². The van der Waals surface area contributed by atoms with Crippen LogP contribution in [0.25, 0.3) is 0 Å². The van der Waals surface area contributed by atoms with Crippen molar-refractivity contribution in [2.75, 3.05) is 13.2 Å². The third-order valence-corrected chi connectivity index (χ3v) is 3.48. The molecule has 0 amide bonds. The molecule has 1 atom stereocenters. The fourth-order valence-electron chi connectivity index (χ4n) is 1.43. The van der Waals surface area contributed by atoms with E-state index >= 15 is 0 Å². The number of unbranched alkanes of at least 4 members (excludes halogenated alkanes) is 2. The van der Waals surface area contributed by atoms with Crippen LogP contribution in [0, 0.1) is 0 Å². The minimum absolute atomic E-state index is 0.0135. The molecule has 0 aliphatic carbocycles. The molecule has 0 radical (unpaired) electrons. The summed E-state index contributed by atoms with van der Waals surface area (Å²) in [5.41, 5.74) is -5.41. The van der Waals surface area contributed by atoms with Gasteiger partial charge in [0.15, 0.2) is 5.79 Å². The zero-order valence-electron chi connectivity index (χ0n) is 12.7. The smallest absolute Gasteiger partial charge is 0.348 e. The number of hydrogen-bond donors (Lipinski definition) is 0. The molecule has 1 fully saturated rings. The Morgan fingerprint density at radius 2 is 1.76 bits per heavy atom. The lowest BCUT2D eigenvalue weighted by molar-refractivity contribution is -0.141. The monoisotopic (exact) mass is 336 g/mol. The summed E-state index contributed by atoms with van der Waals surface area (Å²) in [6, 6.07) is 0. The third kappa shape index (κ3) is 7.98. The lowest BCUT2D eigenvalue weighted by atomic mass is 10.3. The van der Waals surface area contributed by atoms with E-state index in [4.69, 9.17) is 9.47 Å². The van der Waals surface area contributed by atoms with E-state index in [1.54, 1.807) is 13.8 Å². The summed E-state index contributed by atoms with van der Waals surface area (Å²) in [4.78, 5) is 0. The molecule has 0 spiro atoms. The van der Waals surface area contributed by atoms with E-state index in [0.29, 0.717) is 0 Å². The Morgan fingerprint density at radius 1 is 1.24 bits per heavy atom. The summed E-state index contributed by atoms with van der Waals surface area (Å²) in [6.07, 6.45) is 3.25. The summed E-state index contributed by atoms with van der Waals surface area (Å²) < 4.78 is 70.6. The zero-order valence-corrected chi connectivity index (χ0v) is 13.5. The van der Waals surface area contributed by atoms with Gasteiger partial charge in [0.2, 0.25) is 0 Å². The average Bonchev–Trinajstić information content (AvgIpc) is 2.67. The van der Waals surface area contributed by atoms with Crippen LogP contribution >= 0.6 is 0 Å². The minimum atomic E-state index is -5.56. The molecule has 0 aromatic carbocycles. The molecule has 1 heterocycles. The average molecular weight is 336 g/mol. The first-order valence-electron chi connectivity index (χ1n) is 6.72. The highest BCUT2D eigenvalue weighted by molar-refractivity contribution is 7.87. The van der Waals surface area contributed by atoms with E-state index in [1.807, 2.05) is 0 Å². The Bertz CT molecular complexity index is 390. The molecule has 1 rings (SSSR count). The highest BCUT2D eigenvalue weighted by Crippen LogP contribution is 2.27. The van der Waals surface area contributed by atoms with Crippen LogP contribution in [0.1, 0.15) is 47.0 Å². The van der Waals surface area contributed by atoms with Gasteiger partial charge in [-0.05, 0) is 13.8 Å². The normalized spacial score (nSPS) is 21.8. The quantitative estimate of drug-likeness (QED) is 0.570. The van der Waals surface area contributed by atoms with Crippen molar-refractivity contribution in [2.24, 2.45) is 0 Å². The fraction of sp³-hybridized carbons (Fsp3) is 1.00.